The monoisotopic (exact) mass is 386 g/mol. The summed E-state index contributed by atoms with van der Waals surface area (Å²) in [6.07, 6.45) is 5.50. The van der Waals surface area contributed by atoms with E-state index in [1.807, 2.05) is 7.05 Å². The second-order valence-corrected chi connectivity index (χ2v) is 8.39. The summed E-state index contributed by atoms with van der Waals surface area (Å²) < 4.78 is 10.9. The Balaban J connectivity index is 1.43. The lowest BCUT2D eigenvalue weighted by molar-refractivity contribution is 0.0169. The first kappa shape index (κ1) is 19.5. The number of methoxy groups -OCH3 is 1. The van der Waals surface area contributed by atoms with E-state index in [-0.39, 0.29) is 0 Å². The molecule has 154 valence electrons. The molecule has 1 aromatic rings. The van der Waals surface area contributed by atoms with Gasteiger partial charge >= 0.3 is 0 Å². The fourth-order valence-electron chi connectivity index (χ4n) is 4.89. The van der Waals surface area contributed by atoms with Crippen LogP contribution in [0.3, 0.4) is 0 Å². The van der Waals surface area contributed by atoms with Crippen LogP contribution in [0.25, 0.3) is 0 Å². The molecule has 2 saturated heterocycles. The predicted octanol–water partition coefficient (Wildman–Crippen LogP) is 2.52. The van der Waals surface area contributed by atoms with E-state index in [1.54, 1.807) is 7.11 Å². The van der Waals surface area contributed by atoms with Crippen LogP contribution in [0.1, 0.15) is 37.3 Å². The highest BCUT2D eigenvalue weighted by Crippen LogP contribution is 2.47. The first-order chi connectivity index (χ1) is 13.7. The molecule has 2 heterocycles. The minimum atomic E-state index is 0.298. The van der Waals surface area contributed by atoms with Crippen molar-refractivity contribution in [1.82, 2.24) is 15.1 Å². The van der Waals surface area contributed by atoms with Gasteiger partial charge in [-0.15, -0.1) is 0 Å². The molecule has 3 fully saturated rings. The van der Waals surface area contributed by atoms with Crippen LogP contribution < -0.4 is 10.1 Å². The van der Waals surface area contributed by atoms with Crippen molar-refractivity contribution in [2.24, 2.45) is 10.4 Å². The van der Waals surface area contributed by atoms with E-state index in [2.05, 4.69) is 44.4 Å². The Hall–Kier alpha value is -1.79. The molecule has 1 saturated carbocycles. The fourth-order valence-corrected chi connectivity index (χ4v) is 4.89. The predicted molar refractivity (Wildman–Crippen MR) is 112 cm³/mol. The van der Waals surface area contributed by atoms with Gasteiger partial charge in [0.25, 0.3) is 0 Å². The Kier molecular flexibility index (Phi) is 6.07. The van der Waals surface area contributed by atoms with Crippen LogP contribution in [0.2, 0.25) is 0 Å². The van der Waals surface area contributed by atoms with Crippen molar-refractivity contribution in [3.8, 4) is 5.75 Å². The van der Waals surface area contributed by atoms with E-state index < -0.39 is 0 Å². The van der Waals surface area contributed by atoms with Crippen LogP contribution in [-0.2, 0) is 4.74 Å². The van der Waals surface area contributed by atoms with Crippen molar-refractivity contribution in [2.75, 3.05) is 60.1 Å². The molecule has 6 nitrogen and oxygen atoms in total. The van der Waals surface area contributed by atoms with Crippen LogP contribution in [0.15, 0.2) is 29.3 Å². The number of aliphatic imine (C=N–C) groups is 1. The average molecular weight is 387 g/mol. The molecule has 1 spiro atoms. The minimum absolute atomic E-state index is 0.298. The van der Waals surface area contributed by atoms with E-state index >= 15 is 0 Å². The van der Waals surface area contributed by atoms with Gasteiger partial charge in [0.2, 0.25) is 0 Å². The third kappa shape index (κ3) is 4.13. The van der Waals surface area contributed by atoms with Crippen molar-refractivity contribution in [3.63, 3.8) is 0 Å². The normalized spacial score (nSPS) is 23.5. The Bertz CT molecular complexity index is 666. The zero-order valence-corrected chi connectivity index (χ0v) is 17.3. The number of hydrogen-bond donors (Lipinski definition) is 1. The minimum Gasteiger partial charge on any atom is -0.497 e. The molecule has 0 aromatic heterocycles. The van der Waals surface area contributed by atoms with Crippen LogP contribution in [-0.4, -0.2) is 75.9 Å². The third-order valence-electron chi connectivity index (χ3n) is 6.80. The molecule has 0 radical (unpaired) electrons. The lowest BCUT2D eigenvalue weighted by atomic mass is 9.68. The van der Waals surface area contributed by atoms with Crippen LogP contribution in [0, 0.1) is 5.41 Å². The first-order valence-corrected chi connectivity index (χ1v) is 10.6. The number of rotatable bonds is 5. The quantitative estimate of drug-likeness (QED) is 0.622. The van der Waals surface area contributed by atoms with Gasteiger partial charge in [-0.1, -0.05) is 18.6 Å². The van der Waals surface area contributed by atoms with Gasteiger partial charge in [0, 0.05) is 39.8 Å². The maximum Gasteiger partial charge on any atom is 0.193 e. The summed E-state index contributed by atoms with van der Waals surface area (Å²) in [6, 6.07) is 8.77. The van der Waals surface area contributed by atoms with Crippen LogP contribution in [0.5, 0.6) is 5.75 Å². The summed E-state index contributed by atoms with van der Waals surface area (Å²) >= 11 is 0. The molecule has 1 aromatic carbocycles. The number of morpholine rings is 1. The van der Waals surface area contributed by atoms with E-state index in [0.29, 0.717) is 11.5 Å². The molecule has 1 N–H and O–H groups in total. The third-order valence-corrected chi connectivity index (χ3v) is 6.80. The number of guanidine groups is 1. The summed E-state index contributed by atoms with van der Waals surface area (Å²) in [5.74, 6) is 1.95. The number of ether oxygens (including phenoxy) is 2. The highest BCUT2D eigenvalue weighted by Gasteiger charge is 2.43. The highest BCUT2D eigenvalue weighted by molar-refractivity contribution is 5.80. The Morgan fingerprint density at radius 1 is 1.18 bits per heavy atom. The second kappa shape index (κ2) is 8.70. The molecular weight excluding hydrogens is 352 g/mol. The summed E-state index contributed by atoms with van der Waals surface area (Å²) in [5.41, 5.74) is 1.89. The standard InChI is InChI=1S/C22H34N4O2/c1-23-21(26-11-10-22(17-26)8-3-9-22)24-16-20(25-12-14-28-15-13-25)18-4-6-19(27-2)7-5-18/h4-7,20H,3,8-17H2,1-2H3,(H,23,24). The molecule has 1 atom stereocenters. The summed E-state index contributed by atoms with van der Waals surface area (Å²) in [5, 5.41) is 3.68. The lowest BCUT2D eigenvalue weighted by Gasteiger charge is -2.38. The lowest BCUT2D eigenvalue weighted by Crippen LogP contribution is -2.47. The number of nitrogens with zero attached hydrogens (tertiary/aromatic N) is 3. The summed E-state index contributed by atoms with van der Waals surface area (Å²) in [6.45, 7) is 6.67. The summed E-state index contributed by atoms with van der Waals surface area (Å²) in [4.78, 5) is 9.58. The fraction of sp³-hybridized carbons (Fsp3) is 0.682. The zero-order valence-electron chi connectivity index (χ0n) is 17.3. The molecule has 2 aliphatic heterocycles. The van der Waals surface area contributed by atoms with Gasteiger partial charge < -0.3 is 19.7 Å². The molecule has 3 aliphatic rings. The zero-order chi connectivity index (χ0) is 19.4. The van der Waals surface area contributed by atoms with Gasteiger partial charge in [0.1, 0.15) is 5.75 Å². The van der Waals surface area contributed by atoms with Gasteiger partial charge in [-0.3, -0.25) is 9.89 Å². The van der Waals surface area contributed by atoms with Gasteiger partial charge in [-0.05, 0) is 42.4 Å². The van der Waals surface area contributed by atoms with Crippen molar-refractivity contribution in [1.29, 1.82) is 0 Å². The molecule has 1 unspecified atom stereocenters. The van der Waals surface area contributed by atoms with Gasteiger partial charge in [-0.25, -0.2) is 0 Å². The van der Waals surface area contributed by atoms with E-state index in [4.69, 9.17) is 9.47 Å². The topological polar surface area (TPSA) is 49.3 Å². The number of likely N-dealkylation sites (tertiary alicyclic amines) is 1. The Morgan fingerprint density at radius 3 is 2.50 bits per heavy atom. The van der Waals surface area contributed by atoms with Gasteiger partial charge in [0.05, 0.1) is 26.4 Å². The highest BCUT2D eigenvalue weighted by atomic mass is 16.5. The smallest absolute Gasteiger partial charge is 0.193 e. The number of benzene rings is 1. The van der Waals surface area contributed by atoms with Gasteiger partial charge in [0.15, 0.2) is 5.96 Å². The van der Waals surface area contributed by atoms with Crippen molar-refractivity contribution in [3.05, 3.63) is 29.8 Å². The molecule has 4 rings (SSSR count). The van der Waals surface area contributed by atoms with E-state index in [1.165, 1.54) is 31.2 Å². The van der Waals surface area contributed by atoms with Crippen LogP contribution >= 0.6 is 0 Å². The largest absolute Gasteiger partial charge is 0.497 e. The molecule has 0 amide bonds. The molecule has 6 heteroatoms. The van der Waals surface area contributed by atoms with Gasteiger partial charge in [-0.2, -0.15) is 0 Å². The van der Waals surface area contributed by atoms with Crippen molar-refractivity contribution < 1.29 is 9.47 Å². The maximum absolute atomic E-state index is 5.58. The first-order valence-electron chi connectivity index (χ1n) is 10.6. The number of nitrogens with one attached hydrogen (secondary N) is 1. The molecule has 28 heavy (non-hydrogen) atoms. The van der Waals surface area contributed by atoms with E-state index in [0.717, 1.165) is 57.6 Å². The second-order valence-electron chi connectivity index (χ2n) is 8.39. The van der Waals surface area contributed by atoms with E-state index in [9.17, 15) is 0 Å². The number of hydrogen-bond acceptors (Lipinski definition) is 4. The maximum atomic E-state index is 5.58. The average Bonchev–Trinajstić information content (AvgIpc) is 3.18. The Labute approximate surface area is 168 Å². The summed E-state index contributed by atoms with van der Waals surface area (Å²) in [7, 11) is 3.62. The molecule has 0 bridgehead atoms. The molecular formula is C22H34N4O2. The Morgan fingerprint density at radius 2 is 1.93 bits per heavy atom. The molecule has 1 aliphatic carbocycles. The van der Waals surface area contributed by atoms with Crippen LogP contribution in [0.4, 0.5) is 0 Å². The SMILES string of the molecule is CN=C(NCC(c1ccc(OC)cc1)N1CCOCC1)N1CCC2(CCC2)C1. The van der Waals surface area contributed by atoms with Crippen molar-refractivity contribution in [2.45, 2.75) is 31.7 Å². The van der Waals surface area contributed by atoms with Crippen molar-refractivity contribution >= 4 is 5.96 Å².